The van der Waals surface area contributed by atoms with Crippen molar-refractivity contribution >= 4 is 23.5 Å². The average Bonchev–Trinajstić information content (AvgIpc) is 2.26. The van der Waals surface area contributed by atoms with Gasteiger partial charge in [0, 0.05) is 18.5 Å². The van der Waals surface area contributed by atoms with Crippen molar-refractivity contribution in [2.24, 2.45) is 11.7 Å². The third-order valence-electron chi connectivity index (χ3n) is 1.92. The van der Waals surface area contributed by atoms with Crippen LogP contribution in [0.1, 0.15) is 6.92 Å². The number of ether oxygens (including phenoxy) is 1. The number of methoxy groups -OCH3 is 1. The second kappa shape index (κ2) is 5.62. The highest BCUT2D eigenvalue weighted by Gasteiger charge is 2.13. The number of hydrogen-bond donors (Lipinski definition) is 2. The molecule has 1 atom stereocenters. The van der Waals surface area contributed by atoms with Crippen LogP contribution in [0.4, 0.5) is 5.95 Å². The summed E-state index contributed by atoms with van der Waals surface area (Å²) in [5.74, 6) is -0.175. The largest absolute Gasteiger partial charge is 0.481 e. The SMILES string of the molecule is COc1cc(Cl)nc(NC(=O)C(C)CN)n1. The van der Waals surface area contributed by atoms with Gasteiger partial charge in [-0.25, -0.2) is 4.98 Å². The van der Waals surface area contributed by atoms with Gasteiger partial charge in [0.05, 0.1) is 7.11 Å². The van der Waals surface area contributed by atoms with Crippen LogP contribution in [0, 0.1) is 5.92 Å². The number of anilines is 1. The highest BCUT2D eigenvalue weighted by Crippen LogP contribution is 2.15. The van der Waals surface area contributed by atoms with Crippen LogP contribution in [0.5, 0.6) is 5.88 Å². The molecule has 7 heteroatoms. The molecule has 16 heavy (non-hydrogen) atoms. The molecule has 0 aliphatic rings. The fourth-order valence-corrected chi connectivity index (χ4v) is 1.07. The van der Waals surface area contributed by atoms with Crippen LogP contribution in [0.2, 0.25) is 5.15 Å². The van der Waals surface area contributed by atoms with Gasteiger partial charge < -0.3 is 10.5 Å². The Kier molecular flexibility index (Phi) is 4.45. The molecule has 0 radical (unpaired) electrons. The summed E-state index contributed by atoms with van der Waals surface area (Å²) in [5, 5.41) is 2.70. The number of carbonyl (C=O) groups is 1. The molecule has 0 aromatic carbocycles. The van der Waals surface area contributed by atoms with Crippen LogP contribution in [-0.2, 0) is 4.79 Å². The van der Waals surface area contributed by atoms with E-state index in [9.17, 15) is 4.79 Å². The summed E-state index contributed by atoms with van der Waals surface area (Å²) in [6, 6.07) is 1.45. The summed E-state index contributed by atoms with van der Waals surface area (Å²) in [7, 11) is 1.45. The van der Waals surface area contributed by atoms with Gasteiger partial charge in [0.15, 0.2) is 0 Å². The standard InChI is InChI=1S/C9H13ClN4O2/c1-5(4-11)8(15)14-9-12-6(10)3-7(13-9)16-2/h3,5H,4,11H2,1-2H3,(H,12,13,14,15). The number of carbonyl (C=O) groups excluding carboxylic acids is 1. The molecule has 0 aliphatic heterocycles. The fraction of sp³-hybridized carbons (Fsp3) is 0.444. The van der Waals surface area contributed by atoms with E-state index in [1.165, 1.54) is 13.2 Å². The van der Waals surface area contributed by atoms with E-state index in [4.69, 9.17) is 22.1 Å². The Hall–Kier alpha value is -1.40. The molecule has 0 saturated carbocycles. The number of hydrogen-bond acceptors (Lipinski definition) is 5. The second-order valence-corrected chi connectivity index (χ2v) is 3.57. The molecule has 0 saturated heterocycles. The molecular weight excluding hydrogens is 232 g/mol. The van der Waals surface area contributed by atoms with Crippen LogP contribution in [0.3, 0.4) is 0 Å². The van der Waals surface area contributed by atoms with E-state index < -0.39 is 0 Å². The van der Waals surface area contributed by atoms with Crippen molar-refractivity contribution < 1.29 is 9.53 Å². The zero-order valence-corrected chi connectivity index (χ0v) is 9.78. The monoisotopic (exact) mass is 244 g/mol. The van der Waals surface area contributed by atoms with Crippen LogP contribution >= 0.6 is 11.6 Å². The number of nitrogens with zero attached hydrogens (tertiary/aromatic N) is 2. The number of rotatable bonds is 4. The maximum Gasteiger partial charge on any atom is 0.234 e. The van der Waals surface area contributed by atoms with Crippen LogP contribution in [-0.4, -0.2) is 29.5 Å². The van der Waals surface area contributed by atoms with Crippen molar-refractivity contribution in [2.75, 3.05) is 19.0 Å². The minimum atomic E-state index is -0.312. The van der Waals surface area contributed by atoms with Gasteiger partial charge in [-0.2, -0.15) is 4.98 Å². The smallest absolute Gasteiger partial charge is 0.234 e. The molecule has 1 unspecified atom stereocenters. The predicted molar refractivity (Wildman–Crippen MR) is 60.4 cm³/mol. The van der Waals surface area contributed by atoms with Crippen LogP contribution in [0.15, 0.2) is 6.07 Å². The lowest BCUT2D eigenvalue weighted by Gasteiger charge is -2.09. The van der Waals surface area contributed by atoms with Crippen molar-refractivity contribution in [3.63, 3.8) is 0 Å². The number of aromatic nitrogens is 2. The lowest BCUT2D eigenvalue weighted by atomic mass is 10.2. The maximum absolute atomic E-state index is 11.5. The summed E-state index contributed by atoms with van der Waals surface area (Å²) >= 11 is 5.72. The van der Waals surface area contributed by atoms with Crippen molar-refractivity contribution in [1.82, 2.24) is 9.97 Å². The van der Waals surface area contributed by atoms with E-state index in [0.29, 0.717) is 0 Å². The number of nitrogens with one attached hydrogen (secondary N) is 1. The topological polar surface area (TPSA) is 90.1 Å². The van der Waals surface area contributed by atoms with Crippen LogP contribution in [0.25, 0.3) is 0 Å². The number of amides is 1. The average molecular weight is 245 g/mol. The van der Waals surface area contributed by atoms with Gasteiger partial charge >= 0.3 is 0 Å². The first-order valence-electron chi connectivity index (χ1n) is 4.66. The summed E-state index contributed by atoms with van der Waals surface area (Å²) in [5.41, 5.74) is 5.36. The van der Waals surface area contributed by atoms with E-state index in [0.717, 1.165) is 0 Å². The lowest BCUT2D eigenvalue weighted by Crippen LogP contribution is -2.27. The van der Waals surface area contributed by atoms with E-state index in [1.807, 2.05) is 0 Å². The van der Waals surface area contributed by atoms with Crippen molar-refractivity contribution in [3.05, 3.63) is 11.2 Å². The normalized spacial score (nSPS) is 12.0. The predicted octanol–water partition coefficient (Wildman–Crippen LogP) is 0.672. The molecule has 6 nitrogen and oxygen atoms in total. The Labute approximate surface area is 98.2 Å². The molecule has 3 N–H and O–H groups in total. The quantitative estimate of drug-likeness (QED) is 0.760. The molecule has 0 bridgehead atoms. The first-order valence-corrected chi connectivity index (χ1v) is 5.04. The Morgan fingerprint density at radius 1 is 1.69 bits per heavy atom. The van der Waals surface area contributed by atoms with Crippen molar-refractivity contribution in [3.8, 4) is 5.88 Å². The zero-order chi connectivity index (χ0) is 12.1. The molecule has 1 aromatic heterocycles. The van der Waals surface area contributed by atoms with E-state index >= 15 is 0 Å². The van der Waals surface area contributed by atoms with Gasteiger partial charge in [0.1, 0.15) is 5.15 Å². The molecule has 1 amide bonds. The third kappa shape index (κ3) is 3.32. The molecule has 1 rings (SSSR count). The summed E-state index contributed by atoms with van der Waals surface area (Å²) in [6.45, 7) is 1.96. The summed E-state index contributed by atoms with van der Waals surface area (Å²) in [4.78, 5) is 19.3. The molecule has 1 heterocycles. The molecular formula is C9H13ClN4O2. The zero-order valence-electron chi connectivity index (χ0n) is 9.03. The highest BCUT2D eigenvalue weighted by atomic mass is 35.5. The maximum atomic E-state index is 11.5. The Morgan fingerprint density at radius 2 is 2.38 bits per heavy atom. The second-order valence-electron chi connectivity index (χ2n) is 3.18. The van der Waals surface area contributed by atoms with Gasteiger partial charge in [0.2, 0.25) is 17.7 Å². The molecule has 88 valence electrons. The van der Waals surface area contributed by atoms with Gasteiger partial charge in [-0.05, 0) is 0 Å². The fourth-order valence-electron chi connectivity index (χ4n) is 0.898. The number of halogens is 1. The summed E-state index contributed by atoms with van der Waals surface area (Å²) < 4.78 is 4.89. The van der Waals surface area contributed by atoms with Gasteiger partial charge in [-0.3, -0.25) is 10.1 Å². The minimum absolute atomic E-state index is 0.106. The summed E-state index contributed by atoms with van der Waals surface area (Å²) in [6.07, 6.45) is 0. The Morgan fingerprint density at radius 3 is 2.94 bits per heavy atom. The molecule has 0 aliphatic carbocycles. The van der Waals surface area contributed by atoms with Gasteiger partial charge in [-0.1, -0.05) is 18.5 Å². The third-order valence-corrected chi connectivity index (χ3v) is 2.11. The van der Waals surface area contributed by atoms with Gasteiger partial charge in [-0.15, -0.1) is 0 Å². The Bertz CT molecular complexity index is 386. The highest BCUT2D eigenvalue weighted by molar-refractivity contribution is 6.29. The van der Waals surface area contributed by atoms with E-state index in [1.54, 1.807) is 6.92 Å². The lowest BCUT2D eigenvalue weighted by molar-refractivity contribution is -0.119. The minimum Gasteiger partial charge on any atom is -0.481 e. The van der Waals surface area contributed by atoms with Crippen molar-refractivity contribution in [2.45, 2.75) is 6.92 Å². The van der Waals surface area contributed by atoms with E-state index in [-0.39, 0.29) is 35.4 Å². The number of nitrogens with two attached hydrogens (primary N) is 1. The first kappa shape index (κ1) is 12.7. The molecule has 0 fully saturated rings. The van der Waals surface area contributed by atoms with E-state index in [2.05, 4.69) is 15.3 Å². The van der Waals surface area contributed by atoms with Crippen molar-refractivity contribution in [1.29, 1.82) is 0 Å². The van der Waals surface area contributed by atoms with Gasteiger partial charge in [0.25, 0.3) is 0 Å². The molecule has 0 spiro atoms. The molecule has 1 aromatic rings. The van der Waals surface area contributed by atoms with Crippen LogP contribution < -0.4 is 15.8 Å². The first-order chi connectivity index (χ1) is 7.56. The Balaban J connectivity index is 2.81.